The fourth-order valence-corrected chi connectivity index (χ4v) is 12.0. The zero-order valence-corrected chi connectivity index (χ0v) is 26.2. The molecule has 0 aromatic rings. The monoisotopic (exact) mass is 631 g/mol. The van der Waals surface area contributed by atoms with Gasteiger partial charge in [-0.25, -0.2) is 0 Å². The standard InChI is InChI=1S/C32H56N8.Cu.O/c1-2-10-18-17(9-1)25-33-26(18)38-28-21-13-5-6-14-22(21)30(35-28)40-32-24-16-8-7-15-23(24)31(36-32)39-29-20-12-4-3-11-19(20)27(34-29)37-25;;/h17-40H,1-16H2;;. The van der Waals surface area contributed by atoms with Gasteiger partial charge in [0.15, 0.2) is 0 Å². The molecule has 8 unspecified atom stereocenters. The molecule has 0 amide bonds. The van der Waals surface area contributed by atoms with Crippen LogP contribution in [0.4, 0.5) is 0 Å². The van der Waals surface area contributed by atoms with Crippen molar-refractivity contribution in [1.29, 1.82) is 0 Å². The van der Waals surface area contributed by atoms with Crippen LogP contribution in [0.3, 0.4) is 0 Å². The van der Waals surface area contributed by atoms with Crippen molar-refractivity contribution in [2.45, 2.75) is 152 Å². The Hall–Kier alpha value is -0.000519. The Kier molecular flexibility index (Phi) is 8.86. The van der Waals surface area contributed by atoms with Crippen LogP contribution in [0.15, 0.2) is 0 Å². The molecule has 42 heavy (non-hydrogen) atoms. The van der Waals surface area contributed by atoms with Gasteiger partial charge in [0.2, 0.25) is 0 Å². The molecule has 8 N–H and O–H groups in total. The quantitative estimate of drug-likeness (QED) is 0.191. The summed E-state index contributed by atoms with van der Waals surface area (Å²) in [4.78, 5) is 0. The molecule has 5 aliphatic heterocycles. The van der Waals surface area contributed by atoms with Gasteiger partial charge in [-0.1, -0.05) is 51.4 Å². The molecule has 9 rings (SSSR count). The molecule has 4 saturated carbocycles. The zero-order chi connectivity index (χ0) is 28.2. The van der Waals surface area contributed by atoms with Crippen molar-refractivity contribution in [3.63, 3.8) is 0 Å². The molecule has 0 spiro atoms. The number of rotatable bonds is 0. The van der Waals surface area contributed by atoms with Crippen LogP contribution in [0.1, 0.15) is 103 Å². The van der Waals surface area contributed by atoms with E-state index in [4.69, 9.17) is 3.83 Å². The normalized spacial score (nSPS) is 55.0. The van der Waals surface area contributed by atoms with E-state index in [0.717, 1.165) is 47.3 Å². The molecule has 0 aromatic heterocycles. The van der Waals surface area contributed by atoms with Crippen LogP contribution in [0.5, 0.6) is 0 Å². The van der Waals surface area contributed by atoms with E-state index < -0.39 is 0 Å². The summed E-state index contributed by atoms with van der Waals surface area (Å²) in [6, 6.07) is 0. The summed E-state index contributed by atoms with van der Waals surface area (Å²) in [5, 5.41) is 33.8. The third-order valence-electron chi connectivity index (χ3n) is 13.8. The molecule has 0 aromatic carbocycles. The maximum atomic E-state index is 7.81. The summed E-state index contributed by atoms with van der Waals surface area (Å²) in [7, 11) is 0. The second-order valence-electron chi connectivity index (χ2n) is 15.6. The van der Waals surface area contributed by atoms with Crippen molar-refractivity contribution in [2.24, 2.45) is 47.3 Å². The van der Waals surface area contributed by atoms with Gasteiger partial charge in [0.25, 0.3) is 0 Å². The Morgan fingerprint density at radius 3 is 0.500 bits per heavy atom. The van der Waals surface area contributed by atoms with E-state index in [1.54, 1.807) is 0 Å². The van der Waals surface area contributed by atoms with E-state index in [1.807, 2.05) is 0 Å². The first-order chi connectivity index (χ1) is 20.8. The number of nitrogens with one attached hydrogen (secondary N) is 8. The fourth-order valence-electron chi connectivity index (χ4n) is 12.0. The molecule has 8 atom stereocenters. The van der Waals surface area contributed by atoms with Gasteiger partial charge in [-0.3, -0.25) is 42.5 Å². The summed E-state index contributed by atoms with van der Waals surface area (Å²) in [5.74, 6) is 5.97. The minimum absolute atomic E-state index is 0.420. The Labute approximate surface area is 261 Å². The van der Waals surface area contributed by atoms with Crippen molar-refractivity contribution in [3.8, 4) is 0 Å². The predicted octanol–water partition coefficient (Wildman–Crippen LogP) is 2.48. The van der Waals surface area contributed by atoms with E-state index in [2.05, 4.69) is 58.5 Å². The Balaban J connectivity index is 0.00000131. The van der Waals surface area contributed by atoms with Crippen LogP contribution < -0.4 is 42.5 Å². The van der Waals surface area contributed by atoms with Crippen LogP contribution in [0.25, 0.3) is 0 Å². The molecule has 5 heterocycles. The van der Waals surface area contributed by atoms with E-state index in [-0.39, 0.29) is 0 Å². The second-order valence-corrected chi connectivity index (χ2v) is 15.6. The Morgan fingerprint density at radius 2 is 0.381 bits per heavy atom. The Morgan fingerprint density at radius 1 is 0.262 bits per heavy atom. The molecular weight excluding hydrogens is 576 g/mol. The predicted molar refractivity (Wildman–Crippen MR) is 158 cm³/mol. The van der Waals surface area contributed by atoms with Gasteiger partial charge in [-0.2, -0.15) is 0 Å². The molecule has 10 heteroatoms. The van der Waals surface area contributed by atoms with Crippen LogP contribution >= 0.6 is 0 Å². The summed E-state index contributed by atoms with van der Waals surface area (Å²) >= 11 is 2.94. The van der Waals surface area contributed by atoms with Gasteiger partial charge >= 0.3 is 19.8 Å². The molecule has 5 saturated heterocycles. The SMILES string of the molecule is C1CCC2C3NC(NC4NC(NC5NC(NC6NC(N3)C3CCCCC63)C3CCCCC53)C3CCCCC43)C2C1.[O]=[Cu]. The molecule has 9 aliphatic rings. The molecule has 241 valence electrons. The van der Waals surface area contributed by atoms with E-state index >= 15 is 0 Å². The van der Waals surface area contributed by atoms with Crippen molar-refractivity contribution < 1.29 is 19.8 Å². The first-order valence-electron chi connectivity index (χ1n) is 18.0. The first kappa shape index (κ1) is 29.4. The molecule has 9 nitrogen and oxygen atoms in total. The van der Waals surface area contributed by atoms with Gasteiger partial charge in [0.05, 0.1) is 49.3 Å². The van der Waals surface area contributed by atoms with E-state index in [1.165, 1.54) is 103 Å². The molecule has 0 radical (unpaired) electrons. The van der Waals surface area contributed by atoms with Crippen molar-refractivity contribution in [2.75, 3.05) is 0 Å². The van der Waals surface area contributed by atoms with E-state index in [0.29, 0.717) is 49.3 Å². The first-order valence-corrected chi connectivity index (χ1v) is 18.4. The van der Waals surface area contributed by atoms with Gasteiger partial charge in [0, 0.05) is 0 Å². The van der Waals surface area contributed by atoms with Gasteiger partial charge in [-0.05, 0) is 98.7 Å². The summed E-state index contributed by atoms with van der Waals surface area (Å²) in [6.45, 7) is 0. The van der Waals surface area contributed by atoms with Crippen LogP contribution in [-0.2, 0) is 19.8 Å². The molecular formula is C32H56CuN8O. The summed E-state index contributed by atoms with van der Waals surface area (Å²) in [5.41, 5.74) is 0. The van der Waals surface area contributed by atoms with Crippen molar-refractivity contribution in [1.82, 2.24) is 42.5 Å². The second kappa shape index (κ2) is 12.7. The van der Waals surface area contributed by atoms with Gasteiger partial charge < -0.3 is 0 Å². The van der Waals surface area contributed by atoms with Crippen molar-refractivity contribution in [3.05, 3.63) is 0 Å². The average molecular weight is 632 g/mol. The number of fused-ring (bicyclic) bond motifs is 20. The summed E-state index contributed by atoms with van der Waals surface area (Å²) < 4.78 is 7.81. The van der Waals surface area contributed by atoms with Gasteiger partial charge in [-0.15, -0.1) is 0 Å². The number of hydrogen-bond donors (Lipinski definition) is 8. The third-order valence-corrected chi connectivity index (χ3v) is 13.8. The van der Waals surface area contributed by atoms with Crippen molar-refractivity contribution >= 4 is 0 Å². The van der Waals surface area contributed by atoms with Crippen LogP contribution in [0.2, 0.25) is 0 Å². The van der Waals surface area contributed by atoms with Gasteiger partial charge in [0.1, 0.15) is 0 Å². The summed E-state index contributed by atoms with van der Waals surface area (Å²) in [6.07, 6.45) is 25.6. The number of hydrogen-bond acceptors (Lipinski definition) is 9. The molecule has 9 fully saturated rings. The Bertz CT molecular complexity index is 738. The van der Waals surface area contributed by atoms with E-state index in [9.17, 15) is 0 Å². The van der Waals surface area contributed by atoms with Crippen LogP contribution in [-0.4, -0.2) is 49.3 Å². The maximum absolute atomic E-state index is 7.81. The zero-order valence-electron chi connectivity index (χ0n) is 25.3. The average Bonchev–Trinajstić information content (AvgIpc) is 3.78. The minimum atomic E-state index is 0.420. The fraction of sp³-hybridized carbons (Fsp3) is 1.00. The molecule has 8 bridgehead atoms. The van der Waals surface area contributed by atoms with Crippen LogP contribution in [0, 0.1) is 47.3 Å². The third kappa shape index (κ3) is 5.22. The topological polar surface area (TPSA) is 113 Å². The molecule has 4 aliphatic carbocycles.